The molecule has 3 aromatic heterocycles. The highest BCUT2D eigenvalue weighted by Crippen LogP contribution is 2.27. The predicted octanol–water partition coefficient (Wildman–Crippen LogP) is 3.65. The number of likely N-dealkylation sites (N-methyl/N-ethyl adjacent to an activating group) is 1. The molecular weight excluding hydrogens is 390 g/mol. The number of aromatic nitrogens is 3. The molecule has 0 N–H and O–H groups in total. The fourth-order valence-corrected chi connectivity index (χ4v) is 4.61. The lowest BCUT2D eigenvalue weighted by Gasteiger charge is -2.40. The quantitative estimate of drug-likeness (QED) is 0.474. The first-order valence-electron chi connectivity index (χ1n) is 10.8. The fraction of sp³-hybridized carbons (Fsp3) is 0.375. The van der Waals surface area contributed by atoms with Crippen molar-refractivity contribution < 1.29 is 4.42 Å². The number of piperazine rings is 1. The Morgan fingerprint density at radius 2 is 1.97 bits per heavy atom. The van der Waals surface area contributed by atoms with Crippen molar-refractivity contribution in [3.8, 4) is 11.3 Å². The van der Waals surface area contributed by atoms with Gasteiger partial charge in [0.1, 0.15) is 5.58 Å². The minimum Gasteiger partial charge on any atom is -0.422 e. The lowest BCUT2D eigenvalue weighted by Crippen LogP contribution is -2.51. The number of aryl methyl sites for hydroxylation is 2. The monoisotopic (exact) mass is 417 g/mol. The number of nitrogens with zero attached hydrogens (tertiary/aromatic N) is 5. The summed E-state index contributed by atoms with van der Waals surface area (Å²) in [6.07, 6.45) is 3.77. The molecule has 0 bridgehead atoms. The molecule has 0 spiro atoms. The Morgan fingerprint density at radius 3 is 2.74 bits per heavy atom. The van der Waals surface area contributed by atoms with E-state index < -0.39 is 0 Å². The van der Waals surface area contributed by atoms with Crippen LogP contribution in [0.4, 0.5) is 5.69 Å². The van der Waals surface area contributed by atoms with Crippen LogP contribution in [0.2, 0.25) is 0 Å². The Hall–Kier alpha value is -3.19. The van der Waals surface area contributed by atoms with E-state index in [1.165, 1.54) is 0 Å². The lowest BCUT2D eigenvalue weighted by molar-refractivity contribution is 0.199. The number of hydrogen-bond acceptors (Lipinski definition) is 6. The van der Waals surface area contributed by atoms with Gasteiger partial charge < -0.3 is 13.7 Å². The van der Waals surface area contributed by atoms with Crippen LogP contribution in [0.3, 0.4) is 0 Å². The molecule has 0 radical (unpaired) electrons. The van der Waals surface area contributed by atoms with Crippen molar-refractivity contribution in [1.82, 2.24) is 19.3 Å². The predicted molar refractivity (Wildman–Crippen MR) is 123 cm³/mol. The summed E-state index contributed by atoms with van der Waals surface area (Å²) in [7, 11) is 0. The van der Waals surface area contributed by atoms with Gasteiger partial charge in [0.2, 0.25) is 0 Å². The highest BCUT2D eigenvalue weighted by atomic mass is 16.4. The van der Waals surface area contributed by atoms with Crippen molar-refractivity contribution in [2.75, 3.05) is 31.1 Å². The number of hydrogen-bond donors (Lipinski definition) is 0. The van der Waals surface area contributed by atoms with Gasteiger partial charge in [0, 0.05) is 55.2 Å². The number of fused-ring (bicyclic) bond motifs is 2. The van der Waals surface area contributed by atoms with E-state index in [0.717, 1.165) is 54.3 Å². The van der Waals surface area contributed by atoms with Gasteiger partial charge in [-0.3, -0.25) is 9.88 Å². The van der Waals surface area contributed by atoms with Gasteiger partial charge in [0.05, 0.1) is 22.6 Å². The Kier molecular flexibility index (Phi) is 4.78. The zero-order valence-corrected chi connectivity index (χ0v) is 18.4. The van der Waals surface area contributed by atoms with Gasteiger partial charge in [0.25, 0.3) is 0 Å². The molecule has 1 saturated heterocycles. The van der Waals surface area contributed by atoms with E-state index >= 15 is 0 Å². The number of benzene rings is 1. The van der Waals surface area contributed by atoms with Crippen LogP contribution in [0, 0.1) is 13.8 Å². The number of rotatable bonds is 3. The minimum absolute atomic E-state index is 0.375. The van der Waals surface area contributed by atoms with Crippen LogP contribution < -0.4 is 10.5 Å². The summed E-state index contributed by atoms with van der Waals surface area (Å²) in [6, 6.07) is 8.50. The largest absolute Gasteiger partial charge is 0.422 e. The van der Waals surface area contributed by atoms with E-state index in [1.54, 1.807) is 0 Å². The van der Waals surface area contributed by atoms with Crippen molar-refractivity contribution >= 4 is 22.3 Å². The fourth-order valence-electron chi connectivity index (χ4n) is 4.61. The summed E-state index contributed by atoms with van der Waals surface area (Å²) in [5, 5.41) is 0.890. The molecule has 4 aromatic rings. The maximum Gasteiger partial charge on any atom is 0.345 e. The van der Waals surface area contributed by atoms with Gasteiger partial charge >= 0.3 is 5.63 Å². The summed E-state index contributed by atoms with van der Waals surface area (Å²) in [5.41, 5.74) is 4.87. The summed E-state index contributed by atoms with van der Waals surface area (Å²) in [5.74, 6) is 0. The Balaban J connectivity index is 1.51. The molecule has 5 rings (SSSR count). The summed E-state index contributed by atoms with van der Waals surface area (Å²) < 4.78 is 7.65. The number of anilines is 1. The summed E-state index contributed by atoms with van der Waals surface area (Å²) in [4.78, 5) is 26.8. The van der Waals surface area contributed by atoms with Crippen LogP contribution >= 0.6 is 0 Å². The molecule has 7 heteroatoms. The topological polar surface area (TPSA) is 66.9 Å². The van der Waals surface area contributed by atoms with Crippen molar-refractivity contribution in [1.29, 1.82) is 0 Å². The van der Waals surface area contributed by atoms with Crippen LogP contribution in [-0.2, 0) is 0 Å². The van der Waals surface area contributed by atoms with Gasteiger partial charge in [0.15, 0.2) is 5.65 Å². The normalized spacial score (nSPS) is 17.7. The zero-order valence-electron chi connectivity index (χ0n) is 18.4. The van der Waals surface area contributed by atoms with Crippen LogP contribution in [0.5, 0.6) is 0 Å². The molecule has 1 atom stereocenters. The summed E-state index contributed by atoms with van der Waals surface area (Å²) in [6.45, 7) is 12.4. The van der Waals surface area contributed by atoms with E-state index in [1.807, 2.05) is 48.8 Å². The highest BCUT2D eigenvalue weighted by molar-refractivity contribution is 5.84. The molecular formula is C24H27N5O2. The standard InChI is InChI=1S/C24H27N5O2/c1-5-27-8-9-28(13-16(27)3)19-7-6-18-10-20(24(30)31-22(18)11-19)21-14-29-12-15(2)25-17(4)23(29)26-21/h6-7,10-12,14,16H,5,8-9,13H2,1-4H3/t16-/m1/s1. The SMILES string of the molecule is CCN1CCN(c2ccc3cc(-c4cn5cc(C)nc(C)c5n4)c(=O)oc3c2)C[C@H]1C. The second kappa shape index (κ2) is 7.50. The molecule has 0 amide bonds. The molecule has 1 aromatic carbocycles. The zero-order chi connectivity index (χ0) is 21.7. The van der Waals surface area contributed by atoms with Crippen LogP contribution in [-0.4, -0.2) is 51.5 Å². The molecule has 160 valence electrons. The minimum atomic E-state index is -0.375. The molecule has 1 fully saturated rings. The van der Waals surface area contributed by atoms with Gasteiger partial charge in [-0.05, 0) is 45.5 Å². The maximum absolute atomic E-state index is 12.8. The van der Waals surface area contributed by atoms with E-state index in [0.29, 0.717) is 22.9 Å². The Bertz CT molecular complexity index is 1340. The van der Waals surface area contributed by atoms with E-state index in [-0.39, 0.29) is 5.63 Å². The molecule has 0 saturated carbocycles. The average molecular weight is 418 g/mol. The first-order chi connectivity index (χ1) is 14.9. The van der Waals surface area contributed by atoms with Crippen molar-refractivity contribution in [2.24, 2.45) is 0 Å². The smallest absolute Gasteiger partial charge is 0.345 e. The molecule has 0 aliphatic carbocycles. The molecule has 4 heterocycles. The maximum atomic E-state index is 12.8. The molecule has 1 aliphatic rings. The van der Waals surface area contributed by atoms with Gasteiger partial charge in [-0.15, -0.1) is 0 Å². The molecule has 31 heavy (non-hydrogen) atoms. The first kappa shape index (κ1) is 19.8. The Labute approximate surface area is 180 Å². The summed E-state index contributed by atoms with van der Waals surface area (Å²) >= 11 is 0. The first-order valence-corrected chi connectivity index (χ1v) is 10.8. The Morgan fingerprint density at radius 1 is 1.13 bits per heavy atom. The lowest BCUT2D eigenvalue weighted by atomic mass is 10.1. The van der Waals surface area contributed by atoms with E-state index in [9.17, 15) is 4.79 Å². The molecule has 7 nitrogen and oxygen atoms in total. The second-order valence-electron chi connectivity index (χ2n) is 8.42. The molecule has 1 aliphatic heterocycles. The highest BCUT2D eigenvalue weighted by Gasteiger charge is 2.23. The van der Waals surface area contributed by atoms with Crippen molar-refractivity contribution in [2.45, 2.75) is 33.7 Å². The van der Waals surface area contributed by atoms with Crippen molar-refractivity contribution in [3.63, 3.8) is 0 Å². The third-order valence-corrected chi connectivity index (χ3v) is 6.26. The van der Waals surface area contributed by atoms with Crippen LogP contribution in [0.15, 0.2) is 45.9 Å². The van der Waals surface area contributed by atoms with E-state index in [4.69, 9.17) is 4.42 Å². The third-order valence-electron chi connectivity index (χ3n) is 6.26. The van der Waals surface area contributed by atoms with Crippen LogP contribution in [0.1, 0.15) is 25.2 Å². The second-order valence-corrected chi connectivity index (χ2v) is 8.42. The average Bonchev–Trinajstić information content (AvgIpc) is 3.17. The van der Waals surface area contributed by atoms with Crippen molar-refractivity contribution in [3.05, 3.63) is 58.5 Å². The van der Waals surface area contributed by atoms with Gasteiger partial charge in [-0.25, -0.2) is 9.78 Å². The van der Waals surface area contributed by atoms with Gasteiger partial charge in [-0.2, -0.15) is 0 Å². The van der Waals surface area contributed by atoms with Gasteiger partial charge in [-0.1, -0.05) is 6.92 Å². The molecule has 0 unspecified atom stereocenters. The van der Waals surface area contributed by atoms with E-state index in [2.05, 4.69) is 39.7 Å². The third kappa shape index (κ3) is 3.49. The van der Waals surface area contributed by atoms with Crippen LogP contribution in [0.25, 0.3) is 27.9 Å². The number of imidazole rings is 1.